The molecular formula is C47H29N3O2. The quantitative estimate of drug-likeness (QED) is 0.187. The van der Waals surface area contributed by atoms with E-state index in [0.717, 1.165) is 83.8 Å². The summed E-state index contributed by atoms with van der Waals surface area (Å²) in [6.07, 6.45) is 9.33. The van der Waals surface area contributed by atoms with E-state index in [9.17, 15) is 0 Å². The summed E-state index contributed by atoms with van der Waals surface area (Å²) in [5, 5.41) is 8.94. The zero-order valence-electron chi connectivity index (χ0n) is 28.0. The Labute approximate surface area is 298 Å². The fourth-order valence-electron chi connectivity index (χ4n) is 7.92. The van der Waals surface area contributed by atoms with Crippen LogP contribution in [0.15, 0.2) is 167 Å². The minimum absolute atomic E-state index is 0.0627. The molecule has 7 aromatic carbocycles. The van der Waals surface area contributed by atoms with Gasteiger partial charge in [0.2, 0.25) is 0 Å². The molecule has 52 heavy (non-hydrogen) atoms. The minimum atomic E-state index is 0.0627. The molecule has 1 unspecified atom stereocenters. The van der Waals surface area contributed by atoms with Gasteiger partial charge in [-0.15, -0.1) is 0 Å². The van der Waals surface area contributed by atoms with Gasteiger partial charge in [0.15, 0.2) is 11.6 Å². The van der Waals surface area contributed by atoms with Gasteiger partial charge in [0.1, 0.15) is 28.2 Å². The first kappa shape index (κ1) is 28.9. The Bertz CT molecular complexity index is 3130. The number of furan rings is 2. The number of fused-ring (bicyclic) bond motifs is 9. The van der Waals surface area contributed by atoms with Crippen LogP contribution in [0.2, 0.25) is 0 Å². The lowest BCUT2D eigenvalue weighted by Crippen LogP contribution is -2.08. The maximum Gasteiger partial charge on any atom is 0.164 e. The fraction of sp³-hybridized carbons (Fsp3) is 0.0426. The van der Waals surface area contributed by atoms with E-state index in [2.05, 4.69) is 133 Å². The number of nitrogens with zero attached hydrogens (tertiary/aromatic N) is 3. The average Bonchev–Trinajstić information content (AvgIpc) is 3.78. The van der Waals surface area contributed by atoms with E-state index in [1.165, 1.54) is 16.2 Å². The molecule has 10 aromatic rings. The normalized spacial score (nSPS) is 14.5. The van der Waals surface area contributed by atoms with Crippen molar-refractivity contribution in [3.05, 3.63) is 164 Å². The molecule has 0 radical (unpaired) electrons. The number of benzene rings is 7. The standard InChI is InChI=1S/C47H29N3O2/c1-2-12-29(13-3-1)45-48-46(32-22-21-28-11-4-5-14-30(28)25-32)50-47(49-45)37-18-10-20-40-44(37)36-24-23-31(26-41(36)52-40)38-27-42-43(34-16-7-6-15-33(34)38)35-17-8-9-19-39(35)51-42/h1-12,14-27,29H,13H2. The van der Waals surface area contributed by atoms with Crippen LogP contribution in [-0.2, 0) is 0 Å². The summed E-state index contributed by atoms with van der Waals surface area (Å²) >= 11 is 0. The summed E-state index contributed by atoms with van der Waals surface area (Å²) in [6, 6.07) is 46.4. The smallest absolute Gasteiger partial charge is 0.164 e. The lowest BCUT2D eigenvalue weighted by atomic mass is 9.94. The Morgan fingerprint density at radius 2 is 1.21 bits per heavy atom. The van der Waals surface area contributed by atoms with E-state index in [1.807, 2.05) is 24.3 Å². The molecule has 0 fully saturated rings. The van der Waals surface area contributed by atoms with Crippen LogP contribution in [0.4, 0.5) is 0 Å². The van der Waals surface area contributed by atoms with Crippen molar-refractivity contribution >= 4 is 65.4 Å². The molecule has 0 N–H and O–H groups in total. The molecule has 5 heteroatoms. The monoisotopic (exact) mass is 667 g/mol. The summed E-state index contributed by atoms with van der Waals surface area (Å²) in [7, 11) is 0. The van der Waals surface area contributed by atoms with E-state index in [4.69, 9.17) is 23.8 Å². The fourth-order valence-corrected chi connectivity index (χ4v) is 7.92. The van der Waals surface area contributed by atoms with Crippen LogP contribution < -0.4 is 0 Å². The Hall–Kier alpha value is -6.85. The van der Waals surface area contributed by atoms with Crippen molar-refractivity contribution in [1.82, 2.24) is 15.0 Å². The van der Waals surface area contributed by atoms with Gasteiger partial charge >= 0.3 is 0 Å². The molecule has 3 aromatic heterocycles. The summed E-state index contributed by atoms with van der Waals surface area (Å²) in [4.78, 5) is 15.3. The van der Waals surface area contributed by atoms with Gasteiger partial charge in [-0.05, 0) is 75.5 Å². The van der Waals surface area contributed by atoms with Crippen molar-refractivity contribution < 1.29 is 8.83 Å². The third kappa shape index (κ3) is 4.53. The van der Waals surface area contributed by atoms with Crippen LogP contribution >= 0.6 is 0 Å². The third-order valence-electron chi connectivity index (χ3n) is 10.4. The highest BCUT2D eigenvalue weighted by molar-refractivity contribution is 6.22. The van der Waals surface area contributed by atoms with Gasteiger partial charge < -0.3 is 8.83 Å². The summed E-state index contributed by atoms with van der Waals surface area (Å²) in [5.41, 5.74) is 7.39. The highest BCUT2D eigenvalue weighted by atomic mass is 16.3. The first-order valence-corrected chi connectivity index (χ1v) is 17.6. The molecule has 0 bridgehead atoms. The zero-order chi connectivity index (χ0) is 34.2. The highest BCUT2D eigenvalue weighted by Crippen LogP contribution is 2.42. The number of para-hydroxylation sites is 1. The Morgan fingerprint density at radius 1 is 0.462 bits per heavy atom. The van der Waals surface area contributed by atoms with Crippen molar-refractivity contribution in [3.63, 3.8) is 0 Å². The van der Waals surface area contributed by atoms with Gasteiger partial charge in [0, 0.05) is 38.6 Å². The average molecular weight is 668 g/mol. The van der Waals surface area contributed by atoms with E-state index >= 15 is 0 Å². The maximum absolute atomic E-state index is 6.62. The predicted octanol–water partition coefficient (Wildman–Crippen LogP) is 12.6. The number of allylic oxidation sites excluding steroid dienone is 4. The van der Waals surface area contributed by atoms with Crippen LogP contribution in [0.25, 0.3) is 99.3 Å². The number of hydrogen-bond donors (Lipinski definition) is 0. The Balaban J connectivity index is 1.09. The molecule has 0 amide bonds. The SMILES string of the molecule is C1=CCC(c2nc(-c3ccc4ccccc4c3)nc(-c3cccc4oc5cc(-c6cc7oc8ccccc8c7c7ccccc67)ccc5c34)n2)C=C1. The number of rotatable bonds is 4. The van der Waals surface area contributed by atoms with Crippen molar-refractivity contribution in [2.75, 3.05) is 0 Å². The predicted molar refractivity (Wildman–Crippen MR) is 211 cm³/mol. The van der Waals surface area contributed by atoms with Crippen molar-refractivity contribution in [1.29, 1.82) is 0 Å². The molecule has 0 aliphatic heterocycles. The molecule has 3 heterocycles. The minimum Gasteiger partial charge on any atom is -0.456 e. The molecule has 1 aliphatic rings. The lowest BCUT2D eigenvalue weighted by molar-refractivity contribution is 0.668. The van der Waals surface area contributed by atoms with Crippen LogP contribution in [0.5, 0.6) is 0 Å². The van der Waals surface area contributed by atoms with Crippen molar-refractivity contribution in [2.45, 2.75) is 12.3 Å². The molecule has 5 nitrogen and oxygen atoms in total. The van der Waals surface area contributed by atoms with Gasteiger partial charge in [-0.1, -0.05) is 121 Å². The molecule has 0 saturated heterocycles. The topological polar surface area (TPSA) is 65.0 Å². The van der Waals surface area contributed by atoms with Crippen molar-refractivity contribution in [3.8, 4) is 33.9 Å². The molecule has 0 spiro atoms. The highest BCUT2D eigenvalue weighted by Gasteiger charge is 2.21. The Kier molecular flexibility index (Phi) is 6.31. The van der Waals surface area contributed by atoms with Crippen molar-refractivity contribution in [2.24, 2.45) is 0 Å². The number of aromatic nitrogens is 3. The second-order valence-electron chi connectivity index (χ2n) is 13.5. The van der Waals surface area contributed by atoms with E-state index in [1.54, 1.807) is 0 Å². The molecule has 1 atom stereocenters. The first-order valence-electron chi connectivity index (χ1n) is 17.6. The van der Waals surface area contributed by atoms with E-state index in [0.29, 0.717) is 11.6 Å². The van der Waals surface area contributed by atoms with Gasteiger partial charge in [-0.3, -0.25) is 0 Å². The van der Waals surface area contributed by atoms with Gasteiger partial charge in [-0.2, -0.15) is 0 Å². The van der Waals surface area contributed by atoms with Crippen LogP contribution in [0.1, 0.15) is 18.2 Å². The lowest BCUT2D eigenvalue weighted by Gasteiger charge is -2.15. The van der Waals surface area contributed by atoms with E-state index < -0.39 is 0 Å². The van der Waals surface area contributed by atoms with Crippen LogP contribution in [0.3, 0.4) is 0 Å². The number of hydrogen-bond acceptors (Lipinski definition) is 5. The van der Waals surface area contributed by atoms with Crippen LogP contribution in [-0.4, -0.2) is 15.0 Å². The zero-order valence-corrected chi connectivity index (χ0v) is 28.0. The van der Waals surface area contributed by atoms with Crippen LogP contribution in [0, 0.1) is 0 Å². The summed E-state index contributed by atoms with van der Waals surface area (Å²) in [5.74, 6) is 2.12. The molecule has 1 aliphatic carbocycles. The molecule has 11 rings (SSSR count). The molecule has 244 valence electrons. The summed E-state index contributed by atoms with van der Waals surface area (Å²) < 4.78 is 13.0. The second kappa shape index (κ2) is 11.3. The van der Waals surface area contributed by atoms with Gasteiger partial charge in [0.05, 0.1) is 0 Å². The maximum atomic E-state index is 6.62. The first-order chi connectivity index (χ1) is 25.7. The largest absolute Gasteiger partial charge is 0.456 e. The third-order valence-corrected chi connectivity index (χ3v) is 10.4. The molecule has 0 saturated carbocycles. The van der Waals surface area contributed by atoms with E-state index in [-0.39, 0.29) is 5.92 Å². The summed E-state index contributed by atoms with van der Waals surface area (Å²) in [6.45, 7) is 0. The van der Waals surface area contributed by atoms with Gasteiger partial charge in [0.25, 0.3) is 0 Å². The second-order valence-corrected chi connectivity index (χ2v) is 13.5. The molecular weight excluding hydrogens is 639 g/mol. The Morgan fingerprint density at radius 3 is 2.12 bits per heavy atom. The van der Waals surface area contributed by atoms with Gasteiger partial charge in [-0.25, -0.2) is 15.0 Å².